The predicted molar refractivity (Wildman–Crippen MR) is 74.4 cm³/mol. The predicted octanol–water partition coefficient (Wildman–Crippen LogP) is 2.46. The molecule has 1 heterocycles. The van der Waals surface area contributed by atoms with E-state index in [1.807, 2.05) is 0 Å². The van der Waals surface area contributed by atoms with Gasteiger partial charge in [-0.3, -0.25) is 4.79 Å². The van der Waals surface area contributed by atoms with Crippen molar-refractivity contribution in [3.8, 4) is 0 Å². The third kappa shape index (κ3) is 2.56. The molecule has 1 saturated heterocycles. The Morgan fingerprint density at radius 1 is 1.33 bits per heavy atom. The maximum Gasteiger partial charge on any atom is 0.227 e. The van der Waals surface area contributed by atoms with E-state index < -0.39 is 0 Å². The Balaban J connectivity index is 2.01. The molecule has 0 bridgehead atoms. The highest BCUT2D eigenvalue weighted by molar-refractivity contribution is 5.83. The first-order chi connectivity index (χ1) is 8.50. The van der Waals surface area contributed by atoms with E-state index in [4.69, 9.17) is 0 Å². The molecule has 2 aliphatic rings. The second-order valence-corrected chi connectivity index (χ2v) is 6.82. The summed E-state index contributed by atoms with van der Waals surface area (Å²) >= 11 is 0. The van der Waals surface area contributed by atoms with Gasteiger partial charge >= 0.3 is 0 Å². The number of carbonyl (C=O) groups is 1. The first-order valence-electron chi connectivity index (χ1n) is 7.52. The van der Waals surface area contributed by atoms with Crippen LogP contribution in [-0.4, -0.2) is 25.0 Å². The Bertz CT molecular complexity index is 306. The minimum absolute atomic E-state index is 0.145. The van der Waals surface area contributed by atoms with Crippen molar-refractivity contribution in [2.45, 2.75) is 65.3 Å². The van der Waals surface area contributed by atoms with Gasteiger partial charge < -0.3 is 10.6 Å². The highest BCUT2D eigenvalue weighted by Gasteiger charge is 2.42. The fourth-order valence-corrected chi connectivity index (χ4v) is 3.47. The van der Waals surface area contributed by atoms with Crippen LogP contribution in [0.25, 0.3) is 0 Å². The summed E-state index contributed by atoms with van der Waals surface area (Å²) < 4.78 is 0. The van der Waals surface area contributed by atoms with Gasteiger partial charge in [0.1, 0.15) is 0 Å². The van der Waals surface area contributed by atoms with Gasteiger partial charge in [-0.05, 0) is 37.6 Å². The van der Waals surface area contributed by atoms with E-state index in [9.17, 15) is 4.79 Å². The topological polar surface area (TPSA) is 41.1 Å². The first-order valence-corrected chi connectivity index (χ1v) is 7.52. The van der Waals surface area contributed by atoms with Crippen LogP contribution in [0.15, 0.2) is 0 Å². The summed E-state index contributed by atoms with van der Waals surface area (Å²) in [6, 6.07) is 0.364. The number of amides is 1. The summed E-state index contributed by atoms with van der Waals surface area (Å²) in [6.45, 7) is 8.56. The summed E-state index contributed by atoms with van der Waals surface area (Å²) in [5.41, 5.74) is 0.113. The zero-order chi connectivity index (χ0) is 13.2. The zero-order valence-electron chi connectivity index (χ0n) is 12.1. The van der Waals surface area contributed by atoms with Crippen molar-refractivity contribution in [1.82, 2.24) is 10.6 Å². The van der Waals surface area contributed by atoms with Crippen molar-refractivity contribution < 1.29 is 4.79 Å². The van der Waals surface area contributed by atoms with Crippen molar-refractivity contribution in [1.29, 1.82) is 0 Å². The van der Waals surface area contributed by atoms with Gasteiger partial charge in [-0.15, -0.1) is 0 Å². The van der Waals surface area contributed by atoms with E-state index in [1.54, 1.807) is 0 Å². The van der Waals surface area contributed by atoms with Gasteiger partial charge in [-0.1, -0.05) is 33.6 Å². The first kappa shape index (κ1) is 13.9. The molecule has 18 heavy (non-hydrogen) atoms. The molecule has 1 saturated carbocycles. The second-order valence-electron chi connectivity index (χ2n) is 6.82. The number of carbonyl (C=O) groups excluding carboxylic acids is 1. The summed E-state index contributed by atoms with van der Waals surface area (Å²) in [5.74, 6) is 0.287. The summed E-state index contributed by atoms with van der Waals surface area (Å²) in [5, 5.41) is 6.71. The van der Waals surface area contributed by atoms with Crippen LogP contribution in [0, 0.1) is 10.8 Å². The molecule has 104 valence electrons. The van der Waals surface area contributed by atoms with E-state index in [2.05, 4.69) is 31.4 Å². The van der Waals surface area contributed by atoms with Gasteiger partial charge in [0.2, 0.25) is 5.91 Å². The molecule has 3 heteroatoms. The molecule has 2 atom stereocenters. The molecular formula is C15H28N2O. The molecule has 0 aromatic heterocycles. The Hall–Kier alpha value is -0.570. The molecule has 2 N–H and O–H groups in total. The van der Waals surface area contributed by atoms with Crippen molar-refractivity contribution in [3.05, 3.63) is 0 Å². The Morgan fingerprint density at radius 3 is 2.67 bits per heavy atom. The van der Waals surface area contributed by atoms with Gasteiger partial charge in [0.15, 0.2) is 0 Å². The number of rotatable bonds is 3. The largest absolute Gasteiger partial charge is 0.352 e. The Kier molecular flexibility index (Phi) is 4.00. The average molecular weight is 252 g/mol. The normalized spacial score (nSPS) is 35.4. The molecule has 3 nitrogen and oxygen atoms in total. The lowest BCUT2D eigenvalue weighted by atomic mass is 9.72. The molecule has 0 aromatic carbocycles. The van der Waals surface area contributed by atoms with Crippen LogP contribution in [0.1, 0.15) is 59.3 Å². The van der Waals surface area contributed by atoms with Crippen LogP contribution < -0.4 is 10.6 Å². The van der Waals surface area contributed by atoms with Gasteiger partial charge in [0, 0.05) is 12.6 Å². The molecule has 1 amide bonds. The monoisotopic (exact) mass is 252 g/mol. The van der Waals surface area contributed by atoms with Gasteiger partial charge in [-0.2, -0.15) is 0 Å². The SMILES string of the molecule is CCC1(C(=O)NC2CCCCC2(C)C)CCNC1. The Labute approximate surface area is 111 Å². The molecule has 1 aliphatic carbocycles. The summed E-state index contributed by atoms with van der Waals surface area (Å²) in [4.78, 5) is 12.6. The van der Waals surface area contributed by atoms with Gasteiger partial charge in [0.05, 0.1) is 5.41 Å². The molecule has 2 rings (SSSR count). The maximum absolute atomic E-state index is 12.6. The van der Waals surface area contributed by atoms with E-state index in [0.717, 1.165) is 32.4 Å². The standard InChI is InChI=1S/C15H28N2O/c1-4-15(9-10-16-11-15)13(18)17-12-7-5-6-8-14(12,2)3/h12,16H,4-11H2,1-3H3,(H,17,18). The lowest BCUT2D eigenvalue weighted by Gasteiger charge is -2.41. The molecule has 0 radical (unpaired) electrons. The van der Waals surface area contributed by atoms with Crippen LogP contribution in [0.3, 0.4) is 0 Å². The van der Waals surface area contributed by atoms with Crippen molar-refractivity contribution in [3.63, 3.8) is 0 Å². The van der Waals surface area contributed by atoms with Crippen LogP contribution in [0.4, 0.5) is 0 Å². The van der Waals surface area contributed by atoms with Gasteiger partial charge in [0.25, 0.3) is 0 Å². The number of hydrogen-bond acceptors (Lipinski definition) is 2. The maximum atomic E-state index is 12.6. The summed E-state index contributed by atoms with van der Waals surface area (Å²) in [7, 11) is 0. The molecule has 1 aliphatic heterocycles. The van der Waals surface area contributed by atoms with Crippen LogP contribution >= 0.6 is 0 Å². The van der Waals surface area contributed by atoms with Crippen molar-refractivity contribution >= 4 is 5.91 Å². The quantitative estimate of drug-likeness (QED) is 0.810. The lowest BCUT2D eigenvalue weighted by molar-refractivity contribution is -0.132. The molecule has 2 unspecified atom stereocenters. The Morgan fingerprint density at radius 2 is 2.11 bits per heavy atom. The number of hydrogen-bond donors (Lipinski definition) is 2. The van der Waals surface area contributed by atoms with Crippen LogP contribution in [0.5, 0.6) is 0 Å². The molecule has 2 fully saturated rings. The third-order valence-electron chi connectivity index (χ3n) is 5.21. The minimum Gasteiger partial charge on any atom is -0.352 e. The zero-order valence-corrected chi connectivity index (χ0v) is 12.1. The van der Waals surface area contributed by atoms with Crippen molar-refractivity contribution in [2.24, 2.45) is 10.8 Å². The molecule has 0 spiro atoms. The van der Waals surface area contributed by atoms with E-state index in [1.165, 1.54) is 19.3 Å². The fourth-order valence-electron chi connectivity index (χ4n) is 3.47. The molecule has 0 aromatic rings. The van der Waals surface area contributed by atoms with E-state index in [0.29, 0.717) is 6.04 Å². The summed E-state index contributed by atoms with van der Waals surface area (Å²) in [6.07, 6.45) is 6.87. The van der Waals surface area contributed by atoms with Crippen LogP contribution in [-0.2, 0) is 4.79 Å². The lowest BCUT2D eigenvalue weighted by Crippen LogP contribution is -2.52. The highest BCUT2D eigenvalue weighted by atomic mass is 16.2. The average Bonchev–Trinajstić information content (AvgIpc) is 2.81. The van der Waals surface area contributed by atoms with Gasteiger partial charge in [-0.25, -0.2) is 0 Å². The highest BCUT2D eigenvalue weighted by Crippen LogP contribution is 2.37. The number of nitrogens with one attached hydrogen (secondary N) is 2. The fraction of sp³-hybridized carbons (Fsp3) is 0.933. The smallest absolute Gasteiger partial charge is 0.227 e. The van der Waals surface area contributed by atoms with Crippen molar-refractivity contribution in [2.75, 3.05) is 13.1 Å². The van der Waals surface area contributed by atoms with E-state index in [-0.39, 0.29) is 16.7 Å². The molecular weight excluding hydrogens is 224 g/mol. The second kappa shape index (κ2) is 5.20. The van der Waals surface area contributed by atoms with E-state index >= 15 is 0 Å². The minimum atomic E-state index is -0.145. The van der Waals surface area contributed by atoms with Crippen LogP contribution in [0.2, 0.25) is 0 Å². The third-order valence-corrected chi connectivity index (χ3v) is 5.21.